The van der Waals surface area contributed by atoms with Crippen molar-refractivity contribution in [3.63, 3.8) is 0 Å². The van der Waals surface area contributed by atoms with Crippen molar-refractivity contribution in [2.75, 3.05) is 19.3 Å². The molecule has 2 N–H and O–H groups in total. The molecule has 0 aliphatic rings. The summed E-state index contributed by atoms with van der Waals surface area (Å²) >= 11 is 6.14. The standard InChI is InChI=1S/C22H30ClN3O2S/c1-6-24-21(26-15-22(3,4)18-8-7-9-19(23)13-18)25-14-17-10-11-20(16(2)12-17)29(5,27)28/h7-13H,6,14-15H2,1-5H3,(H2,24,25,26). The van der Waals surface area contributed by atoms with E-state index in [1.54, 1.807) is 13.0 Å². The van der Waals surface area contributed by atoms with Gasteiger partial charge in [0.05, 0.1) is 11.4 Å². The third-order valence-corrected chi connectivity index (χ3v) is 6.20. The fourth-order valence-corrected chi connectivity index (χ4v) is 4.20. The molecule has 0 aliphatic carbocycles. The summed E-state index contributed by atoms with van der Waals surface area (Å²) in [7, 11) is -3.21. The minimum Gasteiger partial charge on any atom is -0.357 e. The third kappa shape index (κ3) is 6.75. The molecular formula is C22H30ClN3O2S. The van der Waals surface area contributed by atoms with Crippen LogP contribution in [0.3, 0.4) is 0 Å². The predicted molar refractivity (Wildman–Crippen MR) is 122 cm³/mol. The molecule has 2 rings (SSSR count). The van der Waals surface area contributed by atoms with Gasteiger partial charge in [0.25, 0.3) is 0 Å². The summed E-state index contributed by atoms with van der Waals surface area (Å²) in [6.45, 7) is 10.0. The van der Waals surface area contributed by atoms with Crippen molar-refractivity contribution < 1.29 is 8.42 Å². The predicted octanol–water partition coefficient (Wildman–Crippen LogP) is 4.08. The first-order valence-corrected chi connectivity index (χ1v) is 11.9. The monoisotopic (exact) mass is 435 g/mol. The smallest absolute Gasteiger partial charge is 0.191 e. The van der Waals surface area contributed by atoms with E-state index in [1.165, 1.54) is 6.26 Å². The largest absolute Gasteiger partial charge is 0.357 e. The van der Waals surface area contributed by atoms with Gasteiger partial charge in [0, 0.05) is 29.8 Å². The van der Waals surface area contributed by atoms with Gasteiger partial charge in [-0.15, -0.1) is 0 Å². The maximum Gasteiger partial charge on any atom is 0.191 e. The van der Waals surface area contributed by atoms with E-state index in [0.717, 1.165) is 28.3 Å². The molecule has 158 valence electrons. The van der Waals surface area contributed by atoms with Crippen LogP contribution in [0.5, 0.6) is 0 Å². The molecule has 7 heteroatoms. The lowest BCUT2D eigenvalue weighted by atomic mass is 9.84. The molecule has 5 nitrogen and oxygen atoms in total. The number of sulfone groups is 1. The van der Waals surface area contributed by atoms with Gasteiger partial charge >= 0.3 is 0 Å². The first-order chi connectivity index (χ1) is 13.5. The van der Waals surface area contributed by atoms with Crippen molar-refractivity contribution in [1.82, 2.24) is 10.6 Å². The minimum absolute atomic E-state index is 0.130. The molecule has 0 radical (unpaired) electrons. The summed E-state index contributed by atoms with van der Waals surface area (Å²) < 4.78 is 23.6. The molecule has 0 fully saturated rings. The zero-order valence-electron chi connectivity index (χ0n) is 17.7. The highest BCUT2D eigenvalue weighted by atomic mass is 35.5. The molecule has 0 atom stereocenters. The first-order valence-electron chi connectivity index (χ1n) is 9.61. The number of hydrogen-bond acceptors (Lipinski definition) is 3. The summed E-state index contributed by atoms with van der Waals surface area (Å²) in [6, 6.07) is 13.2. The average Bonchev–Trinajstić information content (AvgIpc) is 2.63. The molecule has 0 saturated carbocycles. The Morgan fingerprint density at radius 3 is 2.45 bits per heavy atom. The van der Waals surface area contributed by atoms with Gasteiger partial charge in [-0.1, -0.05) is 49.7 Å². The summed E-state index contributed by atoms with van der Waals surface area (Å²) in [5, 5.41) is 7.38. The number of benzene rings is 2. The van der Waals surface area contributed by atoms with Crippen molar-refractivity contribution in [1.29, 1.82) is 0 Å². The Kier molecular flexibility index (Phi) is 7.72. The van der Waals surface area contributed by atoms with Crippen LogP contribution in [0.1, 0.15) is 37.5 Å². The van der Waals surface area contributed by atoms with Gasteiger partial charge in [-0.2, -0.15) is 0 Å². The molecule has 0 heterocycles. The molecule has 0 bridgehead atoms. The number of hydrogen-bond donors (Lipinski definition) is 2. The number of aryl methyl sites for hydroxylation is 1. The molecule has 0 spiro atoms. The minimum atomic E-state index is -3.21. The van der Waals surface area contributed by atoms with Crippen LogP contribution in [-0.4, -0.2) is 33.7 Å². The number of rotatable bonds is 7. The third-order valence-electron chi connectivity index (χ3n) is 4.71. The van der Waals surface area contributed by atoms with Crippen LogP contribution in [0.2, 0.25) is 5.02 Å². The van der Waals surface area contributed by atoms with Gasteiger partial charge in [0.2, 0.25) is 0 Å². The Morgan fingerprint density at radius 1 is 1.14 bits per heavy atom. The van der Waals surface area contributed by atoms with E-state index in [4.69, 9.17) is 11.6 Å². The van der Waals surface area contributed by atoms with Gasteiger partial charge in [0.1, 0.15) is 0 Å². The zero-order chi connectivity index (χ0) is 21.7. The molecule has 29 heavy (non-hydrogen) atoms. The number of nitrogens with one attached hydrogen (secondary N) is 2. The number of guanidine groups is 1. The van der Waals surface area contributed by atoms with E-state index in [-0.39, 0.29) is 5.41 Å². The lowest BCUT2D eigenvalue weighted by molar-refractivity contribution is 0.508. The second kappa shape index (κ2) is 9.63. The maximum atomic E-state index is 11.8. The van der Waals surface area contributed by atoms with Gasteiger partial charge in [-0.05, 0) is 48.7 Å². The van der Waals surface area contributed by atoms with E-state index in [9.17, 15) is 8.42 Å². The van der Waals surface area contributed by atoms with Crippen LogP contribution in [0, 0.1) is 6.92 Å². The highest BCUT2D eigenvalue weighted by molar-refractivity contribution is 7.90. The Labute approximate surface area is 179 Å². The summed E-state index contributed by atoms with van der Waals surface area (Å²) in [5.41, 5.74) is 2.72. The van der Waals surface area contributed by atoms with Gasteiger partial charge < -0.3 is 10.6 Å². The lowest BCUT2D eigenvalue weighted by Gasteiger charge is -2.27. The van der Waals surface area contributed by atoms with E-state index < -0.39 is 9.84 Å². The summed E-state index contributed by atoms with van der Waals surface area (Å²) in [4.78, 5) is 5.01. The van der Waals surface area contributed by atoms with Crippen LogP contribution < -0.4 is 10.6 Å². The van der Waals surface area contributed by atoms with Gasteiger partial charge in [-0.25, -0.2) is 13.4 Å². The van der Waals surface area contributed by atoms with Crippen LogP contribution >= 0.6 is 11.6 Å². The summed E-state index contributed by atoms with van der Waals surface area (Å²) in [6.07, 6.45) is 1.22. The van der Waals surface area contributed by atoms with E-state index >= 15 is 0 Å². The van der Waals surface area contributed by atoms with Crippen molar-refractivity contribution in [2.24, 2.45) is 4.99 Å². The fraction of sp³-hybridized carbons (Fsp3) is 0.409. The quantitative estimate of drug-likeness (QED) is 0.507. The number of aliphatic imine (C=N–C) groups is 1. The van der Waals surface area contributed by atoms with E-state index in [2.05, 4.69) is 35.5 Å². The molecule has 2 aromatic carbocycles. The second-order valence-corrected chi connectivity index (χ2v) is 10.2. The van der Waals surface area contributed by atoms with Crippen molar-refractivity contribution in [3.05, 3.63) is 64.2 Å². The fourth-order valence-electron chi connectivity index (χ4n) is 3.05. The molecular weight excluding hydrogens is 406 g/mol. The molecule has 0 saturated heterocycles. The molecule has 0 unspecified atom stereocenters. The number of nitrogens with zero attached hydrogens (tertiary/aromatic N) is 1. The first kappa shape index (κ1) is 23.2. The Bertz CT molecular complexity index is 985. The van der Waals surface area contributed by atoms with Crippen molar-refractivity contribution >= 4 is 27.4 Å². The topological polar surface area (TPSA) is 70.6 Å². The maximum absolute atomic E-state index is 11.8. The van der Waals surface area contributed by atoms with Crippen LogP contribution in [0.25, 0.3) is 0 Å². The van der Waals surface area contributed by atoms with Crippen molar-refractivity contribution in [2.45, 2.75) is 44.6 Å². The van der Waals surface area contributed by atoms with Gasteiger partial charge in [-0.3, -0.25) is 0 Å². The summed E-state index contributed by atoms with van der Waals surface area (Å²) in [5.74, 6) is 0.715. The average molecular weight is 436 g/mol. The lowest BCUT2D eigenvalue weighted by Crippen LogP contribution is -2.43. The Balaban J connectivity index is 2.11. The van der Waals surface area contributed by atoms with E-state index in [0.29, 0.717) is 23.9 Å². The van der Waals surface area contributed by atoms with Crippen LogP contribution in [0.4, 0.5) is 0 Å². The Hall–Kier alpha value is -2.05. The van der Waals surface area contributed by atoms with Crippen molar-refractivity contribution in [3.8, 4) is 0 Å². The zero-order valence-corrected chi connectivity index (χ0v) is 19.3. The highest BCUT2D eigenvalue weighted by Crippen LogP contribution is 2.24. The Morgan fingerprint density at radius 2 is 1.86 bits per heavy atom. The van der Waals surface area contributed by atoms with Crippen LogP contribution in [-0.2, 0) is 21.8 Å². The molecule has 2 aromatic rings. The molecule has 0 aliphatic heterocycles. The van der Waals surface area contributed by atoms with Crippen LogP contribution in [0.15, 0.2) is 52.4 Å². The molecule has 0 aromatic heterocycles. The van der Waals surface area contributed by atoms with Gasteiger partial charge in [0.15, 0.2) is 15.8 Å². The molecule has 0 amide bonds. The second-order valence-electron chi connectivity index (χ2n) is 7.81. The normalized spacial score (nSPS) is 12.7. The van der Waals surface area contributed by atoms with E-state index in [1.807, 2.05) is 37.3 Å². The SMILES string of the molecule is CCNC(=NCc1ccc(S(C)(=O)=O)c(C)c1)NCC(C)(C)c1cccc(Cl)c1. The number of halogens is 1. The highest BCUT2D eigenvalue weighted by Gasteiger charge is 2.21.